The van der Waals surface area contributed by atoms with Crippen LogP contribution in [0.2, 0.25) is 0 Å². The number of rotatable bonds is 14. The number of ether oxygens (including phenoxy) is 2. The number of nitrogens with one attached hydrogen (secondary N) is 1. The quantitative estimate of drug-likeness (QED) is 0.172. The van der Waals surface area contributed by atoms with Crippen molar-refractivity contribution in [2.24, 2.45) is 11.8 Å². The second-order valence-corrected chi connectivity index (χ2v) is 14.1. The summed E-state index contributed by atoms with van der Waals surface area (Å²) >= 11 is 3.72. The average molecular weight is 701 g/mol. The van der Waals surface area contributed by atoms with E-state index in [0.717, 1.165) is 32.1 Å². The van der Waals surface area contributed by atoms with Crippen LogP contribution in [0.5, 0.6) is 0 Å². The van der Waals surface area contributed by atoms with E-state index in [9.17, 15) is 24.3 Å². The molecular weight excluding hydrogens is 654 g/mol. The Balaban J connectivity index is 1.49. The van der Waals surface area contributed by atoms with Crippen molar-refractivity contribution in [3.63, 3.8) is 0 Å². The van der Waals surface area contributed by atoms with E-state index in [1.54, 1.807) is 19.1 Å². The third-order valence-corrected chi connectivity index (χ3v) is 10.9. The summed E-state index contributed by atoms with van der Waals surface area (Å²) in [6.45, 7) is 9.26. The highest BCUT2D eigenvalue weighted by atomic mass is 79.9. The first-order chi connectivity index (χ1) is 22.2. The first kappa shape index (κ1) is 34.3. The third kappa shape index (κ3) is 6.42. The molecule has 3 saturated heterocycles. The molecule has 1 aromatic rings. The van der Waals surface area contributed by atoms with Gasteiger partial charge in [0, 0.05) is 23.8 Å². The van der Waals surface area contributed by atoms with Gasteiger partial charge < -0.3 is 29.7 Å². The van der Waals surface area contributed by atoms with E-state index in [0.29, 0.717) is 24.9 Å². The fraction of sp³-hybridized carbons (Fsp3) is 0.600. The average Bonchev–Trinajstić information content (AvgIpc) is 3.66. The van der Waals surface area contributed by atoms with Crippen LogP contribution >= 0.6 is 15.9 Å². The van der Waals surface area contributed by atoms with Gasteiger partial charge in [-0.25, -0.2) is 0 Å². The molecule has 1 saturated carbocycles. The van der Waals surface area contributed by atoms with Gasteiger partial charge in [-0.05, 0) is 38.2 Å². The summed E-state index contributed by atoms with van der Waals surface area (Å²) in [6.07, 6.45) is 8.07. The van der Waals surface area contributed by atoms with Crippen LogP contribution in [0.4, 0.5) is 0 Å². The lowest BCUT2D eigenvalue weighted by atomic mass is 9.70. The van der Waals surface area contributed by atoms with E-state index < -0.39 is 60.2 Å². The summed E-state index contributed by atoms with van der Waals surface area (Å²) in [5, 5.41) is 13.5. The van der Waals surface area contributed by atoms with Gasteiger partial charge in [0.25, 0.3) is 0 Å². The number of carbonyl (C=O) groups is 4. The molecule has 1 aromatic carbocycles. The van der Waals surface area contributed by atoms with Gasteiger partial charge >= 0.3 is 5.97 Å². The molecule has 4 fully saturated rings. The molecule has 250 valence electrons. The zero-order valence-electron chi connectivity index (χ0n) is 26.5. The molecule has 1 aliphatic carbocycles. The minimum Gasteiger partial charge on any atom is -0.460 e. The topological polar surface area (TPSA) is 125 Å². The Labute approximate surface area is 279 Å². The maximum atomic E-state index is 14.9. The van der Waals surface area contributed by atoms with Gasteiger partial charge in [0.1, 0.15) is 17.7 Å². The Morgan fingerprint density at radius 2 is 1.91 bits per heavy atom. The highest BCUT2D eigenvalue weighted by Crippen LogP contribution is 2.61. The van der Waals surface area contributed by atoms with E-state index in [4.69, 9.17) is 9.47 Å². The molecule has 0 aromatic heterocycles. The number of hydrogen-bond acceptors (Lipinski definition) is 7. The maximum Gasteiger partial charge on any atom is 0.312 e. The van der Waals surface area contributed by atoms with Crippen molar-refractivity contribution in [3.05, 3.63) is 61.2 Å². The van der Waals surface area contributed by atoms with Crippen molar-refractivity contribution in [1.29, 1.82) is 0 Å². The van der Waals surface area contributed by atoms with Crippen LogP contribution in [0.25, 0.3) is 0 Å². The lowest BCUT2D eigenvalue weighted by molar-refractivity contribution is -0.160. The zero-order chi connectivity index (χ0) is 33.0. The maximum absolute atomic E-state index is 14.9. The number of aliphatic hydroxyl groups excluding tert-OH is 1. The molecule has 1 unspecified atom stereocenters. The van der Waals surface area contributed by atoms with Crippen LogP contribution in [-0.2, 0) is 28.7 Å². The SMILES string of the molecule is C=CCCC(=O)NC[C@@H](C)OC(=O)[C@H]1[C@@H]2O[C@@]3(CC2Br)[C@@H]1C(=O)N([C@H](CO)c1ccccc1)[C@@H]3C(=O)N(CC=C)C1CCCCC1. The zero-order valence-corrected chi connectivity index (χ0v) is 28.1. The van der Waals surface area contributed by atoms with E-state index in [-0.39, 0.29) is 35.6 Å². The molecule has 8 atom stereocenters. The standard InChI is InChI=1S/C35H46BrN3O7/c1-4-6-17-27(41)37-20-22(3)45-34(44)28-29-32(42)39(26(21-40)23-13-9-7-10-14-23)31(35(29)19-25(36)30(28)46-35)33(43)38(18-5-2)24-15-11-8-12-16-24/h4-5,7,9-10,13-14,22,24-26,28-31,40H,1-2,6,8,11-12,15-21H2,3H3,(H,37,41)/t22-,25?,26-,28-,29+,30-,31-,35+/m1/s1. The molecule has 1 spiro atoms. The molecule has 4 aliphatic rings. The number of nitrogens with zero attached hydrogens (tertiary/aromatic N) is 2. The second kappa shape index (κ2) is 14.8. The first-order valence-corrected chi connectivity index (χ1v) is 17.4. The second-order valence-electron chi connectivity index (χ2n) is 13.0. The van der Waals surface area contributed by atoms with Crippen molar-refractivity contribution in [2.45, 2.75) is 99.1 Å². The molecule has 46 heavy (non-hydrogen) atoms. The number of alkyl halides is 1. The van der Waals surface area contributed by atoms with Crippen molar-refractivity contribution >= 4 is 39.6 Å². The molecule has 11 heteroatoms. The van der Waals surface area contributed by atoms with Crippen molar-refractivity contribution in [1.82, 2.24) is 15.1 Å². The summed E-state index contributed by atoms with van der Waals surface area (Å²) in [5.41, 5.74) is -0.611. The summed E-state index contributed by atoms with van der Waals surface area (Å²) < 4.78 is 12.5. The minimum absolute atomic E-state index is 0.00220. The lowest BCUT2D eigenvalue weighted by Crippen LogP contribution is -2.59. The smallest absolute Gasteiger partial charge is 0.312 e. The number of amides is 3. The van der Waals surface area contributed by atoms with E-state index in [2.05, 4.69) is 34.4 Å². The Morgan fingerprint density at radius 3 is 2.57 bits per heavy atom. The molecule has 2 bridgehead atoms. The number of esters is 1. The van der Waals surface area contributed by atoms with Crippen LogP contribution in [0, 0.1) is 11.8 Å². The molecular formula is C35H46BrN3O7. The van der Waals surface area contributed by atoms with Gasteiger partial charge in [-0.3, -0.25) is 19.2 Å². The highest BCUT2D eigenvalue weighted by Gasteiger charge is 2.77. The Morgan fingerprint density at radius 1 is 1.20 bits per heavy atom. The lowest BCUT2D eigenvalue weighted by Gasteiger charge is -2.42. The monoisotopic (exact) mass is 699 g/mol. The van der Waals surface area contributed by atoms with E-state index in [1.807, 2.05) is 35.2 Å². The molecule has 3 aliphatic heterocycles. The number of carbonyl (C=O) groups excluding carboxylic acids is 4. The fourth-order valence-electron chi connectivity index (χ4n) is 7.99. The first-order valence-electron chi connectivity index (χ1n) is 16.5. The Kier molecular flexibility index (Phi) is 11.1. The van der Waals surface area contributed by atoms with Crippen molar-refractivity contribution in [2.75, 3.05) is 19.7 Å². The van der Waals surface area contributed by atoms with Gasteiger partial charge in [0.2, 0.25) is 17.7 Å². The van der Waals surface area contributed by atoms with Crippen molar-refractivity contribution < 1.29 is 33.8 Å². The van der Waals surface area contributed by atoms with Crippen LogP contribution in [0.3, 0.4) is 0 Å². The number of fused-ring (bicyclic) bond motifs is 1. The number of allylic oxidation sites excluding steroid dienone is 1. The summed E-state index contributed by atoms with van der Waals surface area (Å²) in [7, 11) is 0. The summed E-state index contributed by atoms with van der Waals surface area (Å²) in [6, 6.07) is 7.27. The normalized spacial score (nSPS) is 29.9. The Bertz CT molecular complexity index is 1300. The molecule has 10 nitrogen and oxygen atoms in total. The fourth-order valence-corrected chi connectivity index (χ4v) is 8.93. The van der Waals surface area contributed by atoms with E-state index in [1.165, 1.54) is 4.90 Å². The molecule has 3 heterocycles. The van der Waals surface area contributed by atoms with Gasteiger partial charge in [0.05, 0.1) is 37.1 Å². The van der Waals surface area contributed by atoms with Gasteiger partial charge in [-0.15, -0.1) is 13.2 Å². The van der Waals surface area contributed by atoms with Crippen LogP contribution in [-0.4, -0.2) is 93.0 Å². The molecule has 3 amide bonds. The number of halogens is 1. The predicted molar refractivity (Wildman–Crippen MR) is 176 cm³/mol. The van der Waals surface area contributed by atoms with Crippen LogP contribution < -0.4 is 5.32 Å². The number of aliphatic hydroxyl groups is 1. The predicted octanol–water partition coefficient (Wildman–Crippen LogP) is 3.83. The van der Waals surface area contributed by atoms with Gasteiger partial charge in [-0.1, -0.05) is 77.7 Å². The molecule has 0 radical (unpaired) electrons. The summed E-state index contributed by atoms with van der Waals surface area (Å²) in [5.74, 6) is -3.38. The molecule has 2 N–H and O–H groups in total. The van der Waals surface area contributed by atoms with Gasteiger partial charge in [0.15, 0.2) is 0 Å². The third-order valence-electron chi connectivity index (χ3n) is 10.0. The number of likely N-dealkylation sites (tertiary alicyclic amines) is 1. The summed E-state index contributed by atoms with van der Waals surface area (Å²) in [4.78, 5) is 58.6. The van der Waals surface area contributed by atoms with Crippen LogP contribution in [0.1, 0.15) is 69.9 Å². The Hall–Kier alpha value is -3.02. The largest absolute Gasteiger partial charge is 0.460 e. The molecule has 5 rings (SSSR count). The number of benzene rings is 1. The number of hydrogen-bond donors (Lipinski definition) is 2. The highest BCUT2D eigenvalue weighted by molar-refractivity contribution is 9.09. The van der Waals surface area contributed by atoms with E-state index >= 15 is 0 Å². The minimum atomic E-state index is -1.30. The van der Waals surface area contributed by atoms with Gasteiger partial charge in [-0.2, -0.15) is 0 Å². The van der Waals surface area contributed by atoms with Crippen molar-refractivity contribution in [3.8, 4) is 0 Å². The van der Waals surface area contributed by atoms with Crippen LogP contribution in [0.15, 0.2) is 55.6 Å².